The van der Waals surface area contributed by atoms with E-state index in [1.54, 1.807) is 23.9 Å². The van der Waals surface area contributed by atoms with Crippen molar-refractivity contribution in [2.45, 2.75) is 51.8 Å². The van der Waals surface area contributed by atoms with Gasteiger partial charge in [0, 0.05) is 16.5 Å². The number of methoxy groups -OCH3 is 1. The van der Waals surface area contributed by atoms with Crippen LogP contribution in [-0.2, 0) is 11.4 Å². The van der Waals surface area contributed by atoms with Crippen molar-refractivity contribution in [2.75, 3.05) is 12.9 Å². The lowest BCUT2D eigenvalue weighted by atomic mass is 10.1. The number of carbonyl (C=O) groups is 1. The number of nitrogens with zero attached hydrogens (tertiary/aromatic N) is 3. The number of carbonyl (C=O) groups excluding carboxylic acids is 1. The van der Waals surface area contributed by atoms with Gasteiger partial charge in [0.1, 0.15) is 12.3 Å². The first-order chi connectivity index (χ1) is 19.6. The summed E-state index contributed by atoms with van der Waals surface area (Å²) in [5, 5.41) is 12.0. The first kappa shape index (κ1) is 28.1. The number of fused-ring (bicyclic) bond motifs is 2. The largest absolute Gasteiger partial charge is 0.493 e. The van der Waals surface area contributed by atoms with Crippen LogP contribution in [0.2, 0.25) is 5.02 Å². The highest BCUT2D eigenvalue weighted by Gasteiger charge is 2.35. The summed E-state index contributed by atoms with van der Waals surface area (Å²) in [5.74, 6) is 1.63. The Labute approximate surface area is 243 Å². The standard InChI is InChI=1S/C31H33ClN4O3S/c1-3-4-5-6-12-17-40-31-34-30(37)27-23-15-10-11-16-25(23)33-29(36(27)35-31)22-18-24(32)28(26(19-22)38-2)39-20-21-13-8-7-9-14-21/h7-11,13-16,18-19,29H,3-6,12,17,20H2,1-2H3,(H,34,35,37)/t29-/m1/s1. The molecule has 0 spiro atoms. The minimum atomic E-state index is -0.606. The zero-order valence-electron chi connectivity index (χ0n) is 22.7. The number of thioether (sulfide) groups is 1. The van der Waals surface area contributed by atoms with Gasteiger partial charge in [-0.25, -0.2) is 5.01 Å². The number of hydrogen-bond acceptors (Lipinski definition) is 7. The number of ether oxygens (including phenoxy) is 2. The molecule has 208 valence electrons. The van der Waals surface area contributed by atoms with Gasteiger partial charge in [-0.05, 0) is 30.2 Å². The summed E-state index contributed by atoms with van der Waals surface area (Å²) in [6, 6.07) is 21.1. The molecule has 3 aromatic rings. The van der Waals surface area contributed by atoms with Crippen molar-refractivity contribution in [2.24, 2.45) is 10.1 Å². The minimum absolute atomic E-state index is 0.197. The summed E-state index contributed by atoms with van der Waals surface area (Å²) in [4.78, 5) is 18.4. The van der Waals surface area contributed by atoms with Gasteiger partial charge >= 0.3 is 0 Å². The molecule has 2 aliphatic rings. The first-order valence-corrected chi connectivity index (χ1v) is 15.0. The van der Waals surface area contributed by atoms with Crippen molar-refractivity contribution >= 4 is 40.1 Å². The van der Waals surface area contributed by atoms with E-state index in [0.29, 0.717) is 34.0 Å². The third kappa shape index (κ3) is 6.29. The molecule has 1 N–H and O–H groups in total. The smallest absolute Gasteiger partial charge is 0.276 e. The van der Waals surface area contributed by atoms with E-state index in [9.17, 15) is 4.79 Å². The SMILES string of the molecule is CCCCCCCSC1=NN2C(=c3ccccc3=N[C@H]2c2cc(Cl)c(OCc3ccccc3)c(OC)c2)C(=O)N1. The fraction of sp³-hybridized carbons (Fsp3) is 0.323. The number of amides is 1. The molecule has 0 unspecified atom stereocenters. The maximum atomic E-state index is 13.4. The molecular weight excluding hydrogens is 544 g/mol. The van der Waals surface area contributed by atoms with E-state index in [1.807, 2.05) is 66.7 Å². The number of para-hydroxylation sites is 1. The number of benzene rings is 3. The highest BCUT2D eigenvalue weighted by atomic mass is 35.5. The van der Waals surface area contributed by atoms with E-state index in [2.05, 4.69) is 12.2 Å². The van der Waals surface area contributed by atoms with Gasteiger partial charge < -0.3 is 9.47 Å². The molecular formula is C31H33ClN4O3S. The fourth-order valence-corrected chi connectivity index (χ4v) is 5.87. The second kappa shape index (κ2) is 13.2. The van der Waals surface area contributed by atoms with Crippen molar-refractivity contribution in [1.82, 2.24) is 10.3 Å². The van der Waals surface area contributed by atoms with E-state index in [0.717, 1.165) is 33.9 Å². The summed E-state index contributed by atoms with van der Waals surface area (Å²) < 4.78 is 11.8. The maximum Gasteiger partial charge on any atom is 0.276 e. The molecule has 0 radical (unpaired) electrons. The molecule has 0 bridgehead atoms. The van der Waals surface area contributed by atoms with Crippen molar-refractivity contribution in [3.63, 3.8) is 0 Å². The molecule has 0 saturated heterocycles. The summed E-state index contributed by atoms with van der Waals surface area (Å²) in [5.41, 5.74) is 2.22. The Hall–Kier alpha value is -3.49. The molecule has 0 aromatic heterocycles. The highest BCUT2D eigenvalue weighted by Crippen LogP contribution is 2.41. The van der Waals surface area contributed by atoms with Gasteiger partial charge in [-0.15, -0.1) is 5.10 Å². The predicted octanol–water partition coefficient (Wildman–Crippen LogP) is 5.77. The zero-order chi connectivity index (χ0) is 27.9. The van der Waals surface area contributed by atoms with Crippen LogP contribution in [0.1, 0.15) is 56.3 Å². The van der Waals surface area contributed by atoms with E-state index >= 15 is 0 Å². The first-order valence-electron chi connectivity index (χ1n) is 13.6. The average Bonchev–Trinajstić information content (AvgIpc) is 2.98. The van der Waals surface area contributed by atoms with Gasteiger partial charge in [-0.1, -0.05) is 105 Å². The Balaban J connectivity index is 1.46. The molecule has 3 aromatic carbocycles. The second-order valence-corrected chi connectivity index (χ2v) is 11.1. The van der Waals surface area contributed by atoms with Gasteiger partial charge in [0.2, 0.25) is 0 Å². The highest BCUT2D eigenvalue weighted by molar-refractivity contribution is 8.13. The molecule has 2 aliphatic heterocycles. The van der Waals surface area contributed by atoms with Crippen LogP contribution < -0.4 is 25.4 Å². The molecule has 0 aliphatic carbocycles. The number of nitrogens with one attached hydrogen (secondary N) is 1. The summed E-state index contributed by atoms with van der Waals surface area (Å²) in [6.07, 6.45) is 5.33. The van der Waals surface area contributed by atoms with Crippen LogP contribution in [0.4, 0.5) is 0 Å². The Bertz CT molecular complexity index is 1510. The van der Waals surface area contributed by atoms with Crippen molar-refractivity contribution in [1.29, 1.82) is 0 Å². The van der Waals surface area contributed by atoms with Gasteiger partial charge in [0.25, 0.3) is 5.91 Å². The lowest BCUT2D eigenvalue weighted by molar-refractivity contribution is -0.116. The van der Waals surface area contributed by atoms with E-state index in [4.69, 9.17) is 31.2 Å². The van der Waals surface area contributed by atoms with Crippen LogP contribution in [0.15, 0.2) is 76.8 Å². The molecule has 1 atom stereocenters. The molecule has 9 heteroatoms. The number of rotatable bonds is 11. The van der Waals surface area contributed by atoms with Crippen LogP contribution in [-0.4, -0.2) is 28.9 Å². The van der Waals surface area contributed by atoms with E-state index in [-0.39, 0.29) is 5.91 Å². The number of hydrazone groups is 1. The Morgan fingerprint density at radius 1 is 1.02 bits per heavy atom. The fourth-order valence-electron chi connectivity index (χ4n) is 4.74. The number of hydrogen-bond donors (Lipinski definition) is 1. The Morgan fingerprint density at radius 3 is 2.60 bits per heavy atom. The van der Waals surface area contributed by atoms with Crippen molar-refractivity contribution in [3.8, 4) is 11.5 Å². The Kier molecular flexibility index (Phi) is 9.29. The van der Waals surface area contributed by atoms with Crippen LogP contribution in [0.3, 0.4) is 0 Å². The lowest BCUT2D eigenvalue weighted by Crippen LogP contribution is -2.50. The molecule has 1 amide bonds. The van der Waals surface area contributed by atoms with Crippen molar-refractivity contribution < 1.29 is 14.3 Å². The summed E-state index contributed by atoms with van der Waals surface area (Å²) in [7, 11) is 1.58. The molecule has 0 saturated carbocycles. The molecule has 2 heterocycles. The molecule has 7 nitrogen and oxygen atoms in total. The Morgan fingerprint density at radius 2 is 1.80 bits per heavy atom. The number of halogens is 1. The molecule has 0 fully saturated rings. The lowest BCUT2D eigenvalue weighted by Gasteiger charge is -2.34. The van der Waals surface area contributed by atoms with E-state index < -0.39 is 6.17 Å². The summed E-state index contributed by atoms with van der Waals surface area (Å²) >= 11 is 8.32. The quantitative estimate of drug-likeness (QED) is 0.293. The third-order valence-electron chi connectivity index (χ3n) is 6.78. The maximum absolute atomic E-state index is 13.4. The summed E-state index contributed by atoms with van der Waals surface area (Å²) in [6.45, 7) is 2.56. The minimum Gasteiger partial charge on any atom is -0.493 e. The third-order valence-corrected chi connectivity index (χ3v) is 8.01. The number of unbranched alkanes of at least 4 members (excludes halogenated alkanes) is 4. The predicted molar refractivity (Wildman–Crippen MR) is 161 cm³/mol. The van der Waals surface area contributed by atoms with E-state index in [1.165, 1.54) is 25.7 Å². The van der Waals surface area contributed by atoms with Gasteiger partial charge in [0.15, 0.2) is 22.8 Å². The number of amidine groups is 1. The van der Waals surface area contributed by atoms with Gasteiger partial charge in [0.05, 0.1) is 17.5 Å². The average molecular weight is 577 g/mol. The normalized spacial score (nSPS) is 15.9. The molecule has 40 heavy (non-hydrogen) atoms. The monoisotopic (exact) mass is 576 g/mol. The van der Waals surface area contributed by atoms with Crippen molar-refractivity contribution in [3.05, 3.63) is 93.5 Å². The second-order valence-electron chi connectivity index (χ2n) is 9.64. The van der Waals surface area contributed by atoms with Gasteiger partial charge in [-0.3, -0.25) is 15.1 Å². The van der Waals surface area contributed by atoms with Crippen LogP contribution in [0.5, 0.6) is 11.5 Å². The topological polar surface area (TPSA) is 75.5 Å². The van der Waals surface area contributed by atoms with Crippen LogP contribution >= 0.6 is 23.4 Å². The van der Waals surface area contributed by atoms with Crippen LogP contribution in [0.25, 0.3) is 5.70 Å². The van der Waals surface area contributed by atoms with Crippen LogP contribution in [0, 0.1) is 0 Å². The zero-order valence-corrected chi connectivity index (χ0v) is 24.3. The van der Waals surface area contributed by atoms with Gasteiger partial charge in [-0.2, -0.15) is 0 Å². The molecule has 5 rings (SSSR count).